The average Bonchev–Trinajstić information content (AvgIpc) is 2.91. The molecule has 1 fully saturated rings. The third-order valence-electron chi connectivity index (χ3n) is 3.66. The van der Waals surface area contributed by atoms with Crippen LogP contribution in [0.3, 0.4) is 0 Å². The normalized spacial score (nSPS) is 22.4. The van der Waals surface area contributed by atoms with Crippen molar-refractivity contribution in [3.05, 3.63) is 18.3 Å². The first-order valence-electron chi connectivity index (χ1n) is 7.32. The molecule has 1 saturated carbocycles. The molecule has 118 valence electrons. The van der Waals surface area contributed by atoms with Gasteiger partial charge in [-0.05, 0) is 37.7 Å². The maximum atomic E-state index is 12.6. The Balaban J connectivity index is 2.19. The standard InChI is InChI=1S/C14H23N3O2S2/c1-3-9-15-14-13(8-5-10-16-14)21(18,19)17-11-6-4-7-12(11)20-2/h5,8,10-12,17H,3-4,6-7,9H2,1-2H3,(H,15,16). The lowest BCUT2D eigenvalue weighted by molar-refractivity contribution is 0.555. The Morgan fingerprint density at radius 3 is 2.95 bits per heavy atom. The van der Waals surface area contributed by atoms with Gasteiger partial charge < -0.3 is 5.32 Å². The Morgan fingerprint density at radius 2 is 2.24 bits per heavy atom. The lowest BCUT2D eigenvalue weighted by Gasteiger charge is -2.20. The predicted octanol–water partition coefficient (Wildman–Crippen LogP) is 2.47. The number of sulfonamides is 1. The lowest BCUT2D eigenvalue weighted by Crippen LogP contribution is -2.38. The van der Waals surface area contributed by atoms with E-state index >= 15 is 0 Å². The molecule has 0 amide bonds. The van der Waals surface area contributed by atoms with Crippen LogP contribution in [0, 0.1) is 0 Å². The first-order valence-corrected chi connectivity index (χ1v) is 10.1. The van der Waals surface area contributed by atoms with Gasteiger partial charge in [0, 0.05) is 24.0 Å². The lowest BCUT2D eigenvalue weighted by atomic mass is 10.3. The van der Waals surface area contributed by atoms with E-state index in [0.717, 1.165) is 25.7 Å². The maximum Gasteiger partial charge on any atom is 0.244 e. The van der Waals surface area contributed by atoms with Crippen molar-refractivity contribution in [3.63, 3.8) is 0 Å². The van der Waals surface area contributed by atoms with E-state index in [1.165, 1.54) is 0 Å². The van der Waals surface area contributed by atoms with Gasteiger partial charge in [0.1, 0.15) is 10.7 Å². The monoisotopic (exact) mass is 329 g/mol. The van der Waals surface area contributed by atoms with E-state index in [2.05, 4.69) is 15.0 Å². The minimum atomic E-state index is -3.54. The highest BCUT2D eigenvalue weighted by atomic mass is 32.2. The number of nitrogens with zero attached hydrogens (tertiary/aromatic N) is 1. The highest BCUT2D eigenvalue weighted by molar-refractivity contribution is 7.99. The molecule has 1 aliphatic rings. The number of rotatable bonds is 7. The van der Waals surface area contributed by atoms with Crippen molar-refractivity contribution in [2.24, 2.45) is 0 Å². The Kier molecular flexibility index (Phi) is 5.89. The van der Waals surface area contributed by atoms with E-state index in [9.17, 15) is 8.42 Å². The summed E-state index contributed by atoms with van der Waals surface area (Å²) in [5, 5.41) is 3.45. The fourth-order valence-electron chi connectivity index (χ4n) is 2.59. The number of anilines is 1. The fourth-order valence-corrected chi connectivity index (χ4v) is 5.06. The molecule has 1 heterocycles. The highest BCUT2D eigenvalue weighted by Gasteiger charge is 2.31. The van der Waals surface area contributed by atoms with Crippen LogP contribution in [-0.4, -0.2) is 37.5 Å². The first kappa shape index (κ1) is 16.6. The van der Waals surface area contributed by atoms with Crippen LogP contribution in [0.2, 0.25) is 0 Å². The summed E-state index contributed by atoms with van der Waals surface area (Å²) in [7, 11) is -3.54. The molecule has 21 heavy (non-hydrogen) atoms. The number of nitrogens with one attached hydrogen (secondary N) is 2. The predicted molar refractivity (Wildman–Crippen MR) is 88.3 cm³/mol. The second-order valence-electron chi connectivity index (χ2n) is 5.21. The summed E-state index contributed by atoms with van der Waals surface area (Å²) in [6.45, 7) is 2.74. The Morgan fingerprint density at radius 1 is 1.43 bits per heavy atom. The molecule has 0 aliphatic heterocycles. The van der Waals surface area contributed by atoms with Gasteiger partial charge in [0.05, 0.1) is 0 Å². The second kappa shape index (κ2) is 7.47. The van der Waals surface area contributed by atoms with Crippen molar-refractivity contribution in [2.45, 2.75) is 48.8 Å². The molecular formula is C14H23N3O2S2. The van der Waals surface area contributed by atoms with Crippen molar-refractivity contribution in [2.75, 3.05) is 18.1 Å². The third kappa shape index (κ3) is 4.11. The van der Waals surface area contributed by atoms with E-state index in [1.807, 2.05) is 13.2 Å². The molecule has 0 radical (unpaired) electrons. The minimum absolute atomic E-state index is 0.0178. The number of aromatic nitrogens is 1. The molecule has 0 bridgehead atoms. The van der Waals surface area contributed by atoms with Gasteiger partial charge in [-0.2, -0.15) is 11.8 Å². The van der Waals surface area contributed by atoms with Crippen molar-refractivity contribution in [3.8, 4) is 0 Å². The number of hydrogen-bond donors (Lipinski definition) is 2. The molecule has 5 nitrogen and oxygen atoms in total. The van der Waals surface area contributed by atoms with Gasteiger partial charge in [0.2, 0.25) is 10.0 Å². The van der Waals surface area contributed by atoms with Crippen molar-refractivity contribution in [1.82, 2.24) is 9.71 Å². The molecule has 1 aromatic rings. The number of hydrogen-bond acceptors (Lipinski definition) is 5. The topological polar surface area (TPSA) is 71.1 Å². The molecular weight excluding hydrogens is 306 g/mol. The van der Waals surface area contributed by atoms with Gasteiger partial charge >= 0.3 is 0 Å². The molecule has 0 saturated heterocycles. The van der Waals surface area contributed by atoms with Crippen LogP contribution in [-0.2, 0) is 10.0 Å². The maximum absolute atomic E-state index is 12.6. The van der Waals surface area contributed by atoms with Crippen LogP contribution in [0.4, 0.5) is 5.82 Å². The van der Waals surface area contributed by atoms with Crippen LogP contribution in [0.1, 0.15) is 32.6 Å². The second-order valence-corrected chi connectivity index (χ2v) is 7.97. The van der Waals surface area contributed by atoms with E-state index in [1.54, 1.807) is 30.1 Å². The summed E-state index contributed by atoms with van der Waals surface area (Å²) >= 11 is 1.74. The smallest absolute Gasteiger partial charge is 0.244 e. The highest BCUT2D eigenvalue weighted by Crippen LogP contribution is 2.30. The molecule has 2 unspecified atom stereocenters. The van der Waals surface area contributed by atoms with Crippen molar-refractivity contribution < 1.29 is 8.42 Å². The number of thioether (sulfide) groups is 1. The molecule has 2 N–H and O–H groups in total. The molecule has 7 heteroatoms. The van der Waals surface area contributed by atoms with E-state index < -0.39 is 10.0 Å². The van der Waals surface area contributed by atoms with Crippen LogP contribution < -0.4 is 10.0 Å². The van der Waals surface area contributed by atoms with Gasteiger partial charge in [-0.1, -0.05) is 13.3 Å². The zero-order chi connectivity index (χ0) is 15.3. The summed E-state index contributed by atoms with van der Waals surface area (Å²) in [5.41, 5.74) is 0. The van der Waals surface area contributed by atoms with Crippen LogP contribution in [0.25, 0.3) is 0 Å². The largest absolute Gasteiger partial charge is 0.369 e. The van der Waals surface area contributed by atoms with Crippen LogP contribution >= 0.6 is 11.8 Å². The molecule has 2 atom stereocenters. The average molecular weight is 329 g/mol. The molecule has 0 spiro atoms. The molecule has 1 aliphatic carbocycles. The SMILES string of the molecule is CCCNc1ncccc1S(=O)(=O)NC1CCCC1SC. The van der Waals surface area contributed by atoms with Gasteiger partial charge in [-0.3, -0.25) is 0 Å². The zero-order valence-electron chi connectivity index (χ0n) is 12.5. The summed E-state index contributed by atoms with van der Waals surface area (Å²) < 4.78 is 28.1. The summed E-state index contributed by atoms with van der Waals surface area (Å²) in [4.78, 5) is 4.40. The van der Waals surface area contributed by atoms with Gasteiger partial charge in [0.15, 0.2) is 0 Å². The van der Waals surface area contributed by atoms with Gasteiger partial charge in [-0.15, -0.1) is 0 Å². The molecule has 0 aromatic carbocycles. The summed E-state index contributed by atoms with van der Waals surface area (Å²) in [6, 6.07) is 3.28. The van der Waals surface area contributed by atoms with Gasteiger partial charge in [0.25, 0.3) is 0 Å². The van der Waals surface area contributed by atoms with Crippen molar-refractivity contribution >= 4 is 27.6 Å². The Hall–Kier alpha value is -0.790. The van der Waals surface area contributed by atoms with Gasteiger partial charge in [-0.25, -0.2) is 18.1 Å². The fraction of sp³-hybridized carbons (Fsp3) is 0.643. The Bertz CT molecular complexity index is 563. The van der Waals surface area contributed by atoms with E-state index in [4.69, 9.17) is 0 Å². The van der Waals surface area contributed by atoms with E-state index in [0.29, 0.717) is 17.6 Å². The first-order chi connectivity index (χ1) is 10.1. The van der Waals surface area contributed by atoms with E-state index in [-0.39, 0.29) is 10.9 Å². The minimum Gasteiger partial charge on any atom is -0.369 e. The van der Waals surface area contributed by atoms with Crippen molar-refractivity contribution in [1.29, 1.82) is 0 Å². The van der Waals surface area contributed by atoms with Crippen LogP contribution in [0.15, 0.2) is 23.2 Å². The quantitative estimate of drug-likeness (QED) is 0.804. The van der Waals surface area contributed by atoms with Crippen LogP contribution in [0.5, 0.6) is 0 Å². The third-order valence-corrected chi connectivity index (χ3v) is 6.36. The zero-order valence-corrected chi connectivity index (χ0v) is 14.1. The molecule has 1 aromatic heterocycles. The summed E-state index contributed by atoms with van der Waals surface area (Å²) in [6.07, 6.45) is 7.62. The summed E-state index contributed by atoms with van der Waals surface area (Å²) in [5.74, 6) is 0.436. The number of pyridine rings is 1. The Labute approximate surface area is 131 Å². The molecule has 2 rings (SSSR count).